The van der Waals surface area contributed by atoms with Crippen molar-refractivity contribution in [3.63, 3.8) is 0 Å². The van der Waals surface area contributed by atoms with Gasteiger partial charge in [0.25, 0.3) is 0 Å². The fraction of sp³-hybridized carbons (Fsp3) is 0.474. The molecule has 0 aliphatic rings. The molecule has 3 aromatic carbocycles. The highest BCUT2D eigenvalue weighted by Crippen LogP contribution is 2.41. The molecule has 0 unspecified atom stereocenters. The van der Waals surface area contributed by atoms with Crippen molar-refractivity contribution < 1.29 is 29.3 Å². The Morgan fingerprint density at radius 3 is 1.00 bits per heavy atom. The highest BCUT2D eigenvalue weighted by atomic mass is 16.5. The second kappa shape index (κ2) is 12.3. The third-order valence-electron chi connectivity index (χ3n) is 7.68. The largest absolute Gasteiger partial charge is 0.507 e. The number of hydrogen-bond acceptors (Lipinski definition) is 6. The number of esters is 2. The Morgan fingerprint density at radius 1 is 0.523 bits per heavy atom. The Bertz CT molecular complexity index is 1350. The van der Waals surface area contributed by atoms with E-state index in [9.17, 15) is 19.8 Å². The highest BCUT2D eigenvalue weighted by Gasteiger charge is 2.29. The molecule has 0 saturated heterocycles. The molecule has 0 heterocycles. The number of rotatable bonds is 6. The second-order valence-electron chi connectivity index (χ2n) is 15.8. The summed E-state index contributed by atoms with van der Waals surface area (Å²) < 4.78 is 11.4. The van der Waals surface area contributed by atoms with E-state index in [1.165, 1.54) is 0 Å². The first kappa shape index (κ1) is 34.7. The van der Waals surface area contributed by atoms with Crippen LogP contribution in [0.5, 0.6) is 11.5 Å². The number of carbonyl (C=O) groups excluding carboxylic acids is 2. The average Bonchev–Trinajstić information content (AvgIpc) is 2.88. The Balaban J connectivity index is 1.85. The van der Waals surface area contributed by atoms with E-state index >= 15 is 0 Å². The molecule has 0 bridgehead atoms. The average molecular weight is 603 g/mol. The van der Waals surface area contributed by atoms with E-state index in [0.717, 1.165) is 33.4 Å². The van der Waals surface area contributed by atoms with Crippen LogP contribution in [-0.4, -0.2) is 22.2 Å². The van der Waals surface area contributed by atoms with Crippen molar-refractivity contribution >= 4 is 11.9 Å². The van der Waals surface area contributed by atoms with Gasteiger partial charge in [-0.1, -0.05) is 95.2 Å². The standard InChI is InChI=1S/C38H50O6/c1-35(2,3)27-17-23(18-28(31(27)39)36(4,5)6)21-43-33(41)25-15-13-14-16-26(25)34(42)44-22-24-19-29(37(7,8)9)32(40)30(20-24)38(10,11)12/h13-20,39-40H,21-22H2,1-12H3. The van der Waals surface area contributed by atoms with E-state index in [0.29, 0.717) is 0 Å². The maximum atomic E-state index is 13.3. The number of ether oxygens (including phenoxy) is 2. The van der Waals surface area contributed by atoms with Gasteiger partial charge >= 0.3 is 11.9 Å². The predicted octanol–water partition coefficient (Wildman–Crippen LogP) is 9.00. The fourth-order valence-corrected chi connectivity index (χ4v) is 5.13. The van der Waals surface area contributed by atoms with Gasteiger partial charge in [0.1, 0.15) is 24.7 Å². The summed E-state index contributed by atoms with van der Waals surface area (Å²) >= 11 is 0. The van der Waals surface area contributed by atoms with Gasteiger partial charge in [-0.2, -0.15) is 0 Å². The van der Waals surface area contributed by atoms with Gasteiger partial charge in [-0.25, -0.2) is 9.59 Å². The van der Waals surface area contributed by atoms with Gasteiger partial charge in [0, 0.05) is 0 Å². The summed E-state index contributed by atoms with van der Waals surface area (Å²) in [6.07, 6.45) is 0. The van der Waals surface area contributed by atoms with Crippen molar-refractivity contribution in [2.45, 2.75) is 118 Å². The van der Waals surface area contributed by atoms with Crippen LogP contribution in [0, 0.1) is 0 Å². The van der Waals surface area contributed by atoms with Crippen molar-refractivity contribution in [2.75, 3.05) is 0 Å². The van der Waals surface area contributed by atoms with Crippen molar-refractivity contribution in [3.8, 4) is 11.5 Å². The molecule has 0 saturated carbocycles. The topological polar surface area (TPSA) is 93.1 Å². The van der Waals surface area contributed by atoms with Crippen molar-refractivity contribution in [1.82, 2.24) is 0 Å². The molecular formula is C38H50O6. The van der Waals surface area contributed by atoms with Gasteiger partial charge in [0.2, 0.25) is 0 Å². The van der Waals surface area contributed by atoms with Crippen molar-refractivity contribution in [2.24, 2.45) is 0 Å². The molecule has 0 amide bonds. The third kappa shape index (κ3) is 8.02. The summed E-state index contributed by atoms with van der Waals surface area (Å²) in [4.78, 5) is 26.6. The summed E-state index contributed by atoms with van der Waals surface area (Å²) in [6.45, 7) is 24.3. The fourth-order valence-electron chi connectivity index (χ4n) is 5.13. The molecule has 3 aromatic rings. The SMILES string of the molecule is CC(C)(C)c1cc(COC(=O)c2ccccc2C(=O)OCc2cc(C(C)(C)C)c(O)c(C(C)(C)C)c2)cc(C(C)(C)C)c1O. The lowest BCUT2D eigenvalue weighted by Crippen LogP contribution is -2.19. The molecule has 0 atom stereocenters. The van der Waals surface area contributed by atoms with Gasteiger partial charge < -0.3 is 19.7 Å². The van der Waals surface area contributed by atoms with E-state index in [2.05, 4.69) is 0 Å². The van der Waals surface area contributed by atoms with Crippen molar-refractivity contribution in [1.29, 1.82) is 0 Å². The van der Waals surface area contributed by atoms with Crippen LogP contribution in [0.1, 0.15) is 137 Å². The first-order chi connectivity index (χ1) is 20.0. The Morgan fingerprint density at radius 2 is 0.773 bits per heavy atom. The molecule has 0 aliphatic heterocycles. The number of benzene rings is 3. The molecule has 2 N–H and O–H groups in total. The van der Waals surface area contributed by atoms with Crippen LogP contribution in [0.4, 0.5) is 0 Å². The van der Waals surface area contributed by atoms with Crippen LogP contribution in [-0.2, 0) is 44.3 Å². The molecule has 3 rings (SSSR count). The van der Waals surface area contributed by atoms with Gasteiger partial charge in [-0.15, -0.1) is 0 Å². The number of hydrogen-bond donors (Lipinski definition) is 2. The van der Waals surface area contributed by atoms with Crippen LogP contribution in [0.3, 0.4) is 0 Å². The summed E-state index contributed by atoms with van der Waals surface area (Å²) in [5.74, 6) is -0.776. The predicted molar refractivity (Wildman–Crippen MR) is 176 cm³/mol. The van der Waals surface area contributed by atoms with Crippen LogP contribution < -0.4 is 0 Å². The molecular weight excluding hydrogens is 552 g/mol. The van der Waals surface area contributed by atoms with Crippen LogP contribution in [0.2, 0.25) is 0 Å². The lowest BCUT2D eigenvalue weighted by Gasteiger charge is -2.28. The zero-order chi connectivity index (χ0) is 33.4. The normalized spacial score (nSPS) is 12.6. The minimum absolute atomic E-state index is 0.0205. The zero-order valence-corrected chi connectivity index (χ0v) is 28.6. The molecule has 0 fully saturated rings. The zero-order valence-electron chi connectivity index (χ0n) is 28.6. The first-order valence-electron chi connectivity index (χ1n) is 15.2. The van der Waals surface area contributed by atoms with E-state index in [4.69, 9.17) is 9.47 Å². The molecule has 0 spiro atoms. The highest BCUT2D eigenvalue weighted by molar-refractivity contribution is 6.03. The summed E-state index contributed by atoms with van der Waals surface area (Å²) in [6, 6.07) is 13.9. The summed E-state index contributed by atoms with van der Waals surface area (Å²) in [5.41, 5.74) is 3.55. The van der Waals surface area contributed by atoms with E-state index in [-0.39, 0.29) is 57.5 Å². The summed E-state index contributed by atoms with van der Waals surface area (Å²) in [7, 11) is 0. The molecule has 44 heavy (non-hydrogen) atoms. The van der Waals surface area contributed by atoms with E-state index < -0.39 is 11.9 Å². The monoisotopic (exact) mass is 602 g/mol. The number of phenolic OH excluding ortho intramolecular Hbond substituents is 2. The van der Waals surface area contributed by atoms with Gasteiger partial charge in [0.05, 0.1) is 11.1 Å². The quantitative estimate of drug-likeness (QED) is 0.274. The van der Waals surface area contributed by atoms with Crippen LogP contribution in [0.25, 0.3) is 0 Å². The Labute approximate surface area is 263 Å². The van der Waals surface area contributed by atoms with Crippen molar-refractivity contribution in [3.05, 3.63) is 93.0 Å². The molecule has 0 aromatic heterocycles. The Kier molecular flexibility index (Phi) is 9.70. The minimum Gasteiger partial charge on any atom is -0.507 e. The van der Waals surface area contributed by atoms with Gasteiger partial charge in [0.15, 0.2) is 0 Å². The lowest BCUT2D eigenvalue weighted by molar-refractivity contribution is 0.0425. The lowest BCUT2D eigenvalue weighted by atomic mass is 9.78. The second-order valence-corrected chi connectivity index (χ2v) is 15.8. The summed E-state index contributed by atoms with van der Waals surface area (Å²) in [5, 5.41) is 22.0. The number of phenols is 2. The first-order valence-corrected chi connectivity index (χ1v) is 15.2. The third-order valence-corrected chi connectivity index (χ3v) is 7.68. The number of carbonyl (C=O) groups is 2. The Hall–Kier alpha value is -3.80. The van der Waals surface area contributed by atoms with E-state index in [1.807, 2.05) is 107 Å². The van der Waals surface area contributed by atoms with Gasteiger partial charge in [-0.3, -0.25) is 0 Å². The maximum Gasteiger partial charge on any atom is 0.339 e. The van der Waals surface area contributed by atoms with E-state index in [1.54, 1.807) is 24.3 Å². The number of aromatic hydroxyl groups is 2. The smallest absolute Gasteiger partial charge is 0.339 e. The molecule has 0 aliphatic carbocycles. The maximum absolute atomic E-state index is 13.3. The molecule has 238 valence electrons. The minimum atomic E-state index is -0.644. The van der Waals surface area contributed by atoms with Crippen LogP contribution >= 0.6 is 0 Å². The molecule has 6 nitrogen and oxygen atoms in total. The van der Waals surface area contributed by atoms with Gasteiger partial charge in [-0.05, 0) is 91.4 Å². The van der Waals surface area contributed by atoms with Crippen LogP contribution in [0.15, 0.2) is 48.5 Å². The molecule has 0 radical (unpaired) electrons. The molecule has 6 heteroatoms.